The molecule has 320 valence electrons. The fraction of sp³-hybridized carbons (Fsp3) is 0.200. The number of hydrogen-bond acceptors (Lipinski definition) is 8. The van der Waals surface area contributed by atoms with Crippen molar-refractivity contribution in [2.75, 3.05) is 19.6 Å². The van der Waals surface area contributed by atoms with Crippen LogP contribution in [-0.2, 0) is 21.9 Å². The molecule has 0 radical (unpaired) electrons. The van der Waals surface area contributed by atoms with Crippen LogP contribution in [0, 0.1) is 34.3 Å². The average Bonchev–Trinajstić information content (AvgIpc) is 3.47. The van der Waals surface area contributed by atoms with Crippen molar-refractivity contribution in [1.29, 1.82) is 10.5 Å². The molecule has 13 nitrogen and oxygen atoms in total. The van der Waals surface area contributed by atoms with Gasteiger partial charge in [0.1, 0.15) is 22.7 Å². The molecule has 2 heterocycles. The van der Waals surface area contributed by atoms with Gasteiger partial charge in [0.05, 0.1) is 56.9 Å². The van der Waals surface area contributed by atoms with E-state index in [1.54, 1.807) is 0 Å². The summed E-state index contributed by atoms with van der Waals surface area (Å²) < 4.78 is 108. The van der Waals surface area contributed by atoms with Crippen molar-refractivity contribution < 1.29 is 69.3 Å². The number of hydrogen-bond donors (Lipinski definition) is 2. The third-order valence-corrected chi connectivity index (χ3v) is 9.96. The Hall–Kier alpha value is -7.46. The molecule has 4 aromatic rings. The number of amides is 4. The van der Waals surface area contributed by atoms with Gasteiger partial charge in [0, 0.05) is 11.4 Å². The third kappa shape index (κ3) is 7.94. The number of carbonyl (C=O) groups is 5. The highest BCUT2D eigenvalue weighted by molar-refractivity contribution is 7.81. The molecule has 0 spiro atoms. The number of carboxylic acids is 2. The van der Waals surface area contributed by atoms with E-state index in [2.05, 4.69) is 0 Å². The van der Waals surface area contributed by atoms with Crippen LogP contribution in [0.15, 0.2) is 72.8 Å². The first kappa shape index (κ1) is 45.6. The zero-order valence-electron chi connectivity index (χ0n) is 32.0. The molecule has 0 bridgehead atoms. The van der Waals surface area contributed by atoms with E-state index in [-0.39, 0.29) is 22.2 Å². The number of thiocarbonyl (C=S) groups is 1. The van der Waals surface area contributed by atoms with Crippen LogP contribution in [0.2, 0.25) is 0 Å². The van der Waals surface area contributed by atoms with Crippen molar-refractivity contribution in [3.63, 3.8) is 0 Å². The molecular formula is C40H26F8N6O7S. The number of carbonyl (C=O) groups excluding carboxylic acids is 3. The summed E-state index contributed by atoms with van der Waals surface area (Å²) in [7, 11) is 0. The van der Waals surface area contributed by atoms with Crippen LogP contribution in [0.4, 0.5) is 62.7 Å². The lowest BCUT2D eigenvalue weighted by Gasteiger charge is -2.29. The van der Waals surface area contributed by atoms with E-state index in [1.807, 2.05) is 0 Å². The van der Waals surface area contributed by atoms with Gasteiger partial charge in [-0.2, -0.15) is 36.9 Å². The Kier molecular flexibility index (Phi) is 11.7. The number of rotatable bonds is 6. The molecule has 0 aromatic heterocycles. The van der Waals surface area contributed by atoms with Gasteiger partial charge < -0.3 is 15.1 Å². The largest absolute Gasteiger partial charge is 0.478 e. The Morgan fingerprint density at radius 3 is 1.32 bits per heavy atom. The molecule has 2 saturated heterocycles. The summed E-state index contributed by atoms with van der Waals surface area (Å²) in [5.41, 5.74) is -8.85. The second kappa shape index (κ2) is 15.9. The highest BCUT2D eigenvalue weighted by atomic mass is 32.1. The normalized spacial score (nSPS) is 15.9. The predicted octanol–water partition coefficient (Wildman–Crippen LogP) is 8.50. The number of urea groups is 1. The zero-order valence-corrected chi connectivity index (χ0v) is 32.8. The van der Waals surface area contributed by atoms with Gasteiger partial charge in [-0.05, 0) is 113 Å². The molecule has 2 N–H and O–H groups in total. The Balaban J connectivity index is 0.000000234. The Morgan fingerprint density at radius 2 is 0.952 bits per heavy atom. The molecule has 62 heavy (non-hydrogen) atoms. The highest BCUT2D eigenvalue weighted by Gasteiger charge is 2.54. The van der Waals surface area contributed by atoms with Gasteiger partial charge in [-0.3, -0.25) is 19.4 Å². The minimum Gasteiger partial charge on any atom is -0.478 e. The van der Waals surface area contributed by atoms with Gasteiger partial charge >= 0.3 is 30.3 Å². The lowest BCUT2D eigenvalue weighted by Crippen LogP contribution is -2.44. The quantitative estimate of drug-likeness (QED) is 0.107. The van der Waals surface area contributed by atoms with E-state index in [4.69, 9.17) is 33.0 Å². The van der Waals surface area contributed by atoms with Gasteiger partial charge in [0.25, 0.3) is 11.8 Å². The molecule has 2 aliphatic rings. The van der Waals surface area contributed by atoms with Crippen molar-refractivity contribution in [2.45, 2.75) is 51.1 Å². The lowest BCUT2D eigenvalue weighted by atomic mass is 10.0. The van der Waals surface area contributed by atoms with Gasteiger partial charge in [0.2, 0.25) is 0 Å². The van der Waals surface area contributed by atoms with Crippen LogP contribution >= 0.6 is 12.2 Å². The van der Waals surface area contributed by atoms with Gasteiger partial charge in [-0.25, -0.2) is 28.1 Å². The number of alkyl halides is 6. The molecule has 0 saturated carbocycles. The van der Waals surface area contributed by atoms with Crippen LogP contribution < -0.4 is 19.6 Å². The van der Waals surface area contributed by atoms with E-state index < -0.39 is 104 Å². The summed E-state index contributed by atoms with van der Waals surface area (Å²) in [4.78, 5) is 64.5. The van der Waals surface area contributed by atoms with Gasteiger partial charge in [-0.1, -0.05) is 0 Å². The summed E-state index contributed by atoms with van der Waals surface area (Å²) >= 11 is 5.32. The molecular weight excluding hydrogens is 861 g/mol. The van der Waals surface area contributed by atoms with Crippen LogP contribution in [0.5, 0.6) is 0 Å². The van der Waals surface area contributed by atoms with Crippen LogP contribution in [0.1, 0.15) is 70.7 Å². The number of halogens is 8. The topological polar surface area (TPSA) is 186 Å². The summed E-state index contributed by atoms with van der Waals surface area (Å²) in [6, 6.07) is 12.8. The predicted molar refractivity (Wildman–Crippen MR) is 205 cm³/mol. The average molecular weight is 887 g/mol. The standard InChI is InChI=1S/C20H13F4N3O4.C20H13F4N3O3S/c2*1-19(2)17(30)26(11-4-3-10(9-25)14(7-11)20(22,23)24)18(31)27(19)12-5-6-13(16(28)29)15(21)8-12/h2*3-8H,1-2H3,(H,28,29). The summed E-state index contributed by atoms with van der Waals surface area (Å²) in [6.45, 7) is 5.51. The minimum absolute atomic E-state index is 0.0537. The number of carboxylic acid groups (broad SMARTS) is 2. The lowest BCUT2D eigenvalue weighted by molar-refractivity contribution is -0.138. The molecule has 0 unspecified atom stereocenters. The maximum absolute atomic E-state index is 14.2. The van der Waals surface area contributed by atoms with Crippen molar-refractivity contribution in [1.82, 2.24) is 0 Å². The molecule has 22 heteroatoms. The molecule has 4 aromatic carbocycles. The van der Waals surface area contributed by atoms with Crippen LogP contribution in [0.3, 0.4) is 0 Å². The monoisotopic (exact) mass is 886 g/mol. The Morgan fingerprint density at radius 1 is 0.597 bits per heavy atom. The van der Waals surface area contributed by atoms with Crippen molar-refractivity contribution in [3.8, 4) is 12.1 Å². The van der Waals surface area contributed by atoms with E-state index in [9.17, 15) is 59.1 Å². The molecule has 0 atom stereocenters. The fourth-order valence-electron chi connectivity index (χ4n) is 6.55. The second-order valence-electron chi connectivity index (χ2n) is 14.3. The van der Waals surface area contributed by atoms with Gasteiger partial charge in [-0.15, -0.1) is 0 Å². The number of anilines is 4. The zero-order chi connectivity index (χ0) is 46.6. The number of imide groups is 1. The molecule has 4 amide bonds. The molecule has 2 aliphatic heterocycles. The second-order valence-corrected chi connectivity index (χ2v) is 14.6. The summed E-state index contributed by atoms with van der Waals surface area (Å²) in [5.74, 6) is -6.81. The first-order valence-corrected chi connectivity index (χ1v) is 17.7. The summed E-state index contributed by atoms with van der Waals surface area (Å²) in [6.07, 6.45) is -9.74. The minimum atomic E-state index is -4.90. The maximum Gasteiger partial charge on any atom is 0.417 e. The maximum atomic E-state index is 14.2. The van der Waals surface area contributed by atoms with Crippen molar-refractivity contribution in [3.05, 3.63) is 118 Å². The number of benzene rings is 4. The number of nitrogens with zero attached hydrogens (tertiary/aromatic N) is 6. The van der Waals surface area contributed by atoms with Gasteiger partial charge in [0.15, 0.2) is 5.11 Å². The smallest absolute Gasteiger partial charge is 0.417 e. The van der Waals surface area contributed by atoms with Crippen molar-refractivity contribution in [2.24, 2.45) is 0 Å². The SMILES string of the molecule is CC1(C)C(=O)N(c2ccc(C#N)c(C(F)(F)F)c2)C(=O)N1c1ccc(C(=O)O)c(F)c1.CC1(C)C(=O)N(c2ccc(C#N)c(C(F)(F)F)c2)C(=S)N1c1ccc(C(=O)O)c(F)c1. The fourth-order valence-corrected chi connectivity index (χ4v) is 7.07. The van der Waals surface area contributed by atoms with E-state index in [1.165, 1.54) is 50.8 Å². The van der Waals surface area contributed by atoms with Crippen LogP contribution in [0.25, 0.3) is 0 Å². The van der Waals surface area contributed by atoms with Crippen LogP contribution in [-0.4, -0.2) is 56.2 Å². The first-order chi connectivity index (χ1) is 28.6. The molecule has 0 aliphatic carbocycles. The highest BCUT2D eigenvalue weighted by Crippen LogP contribution is 2.42. The Bertz CT molecular complexity index is 2520. The van der Waals surface area contributed by atoms with E-state index in [0.29, 0.717) is 17.0 Å². The molecule has 2 fully saturated rings. The van der Waals surface area contributed by atoms with E-state index in [0.717, 1.165) is 64.4 Å². The Labute approximate surface area is 349 Å². The van der Waals surface area contributed by atoms with E-state index >= 15 is 0 Å². The summed E-state index contributed by atoms with van der Waals surface area (Å²) in [5, 5.41) is 35.6. The number of nitriles is 2. The number of aromatic carboxylic acids is 2. The third-order valence-electron chi connectivity index (χ3n) is 9.59. The van der Waals surface area contributed by atoms with Crippen molar-refractivity contribution >= 4 is 69.9 Å². The first-order valence-electron chi connectivity index (χ1n) is 17.3. The molecule has 6 rings (SSSR count).